The van der Waals surface area contributed by atoms with Crippen LogP contribution >= 0.6 is 0 Å². The average Bonchev–Trinajstić information content (AvgIpc) is 2.37. The monoisotopic (exact) mass is 235 g/mol. The number of methoxy groups -OCH3 is 1. The Balaban J connectivity index is 2.73. The van der Waals surface area contributed by atoms with Crippen molar-refractivity contribution in [3.8, 4) is 0 Å². The Kier molecular flexibility index (Phi) is 4.69. The standard InChI is InChI=1S/C13H17NO3/c1-4-12(15)14-9(2)10-5-7-11(8-6-10)13(16)17-3/h5-9H,4H2,1-3H3,(H,14,15)/t9-/m0/s1. The van der Waals surface area contributed by atoms with E-state index in [-0.39, 0.29) is 17.9 Å². The Bertz CT molecular complexity index is 398. The normalized spacial score (nSPS) is 11.7. The second-order valence-corrected chi connectivity index (χ2v) is 3.76. The number of benzene rings is 1. The van der Waals surface area contributed by atoms with Gasteiger partial charge in [0.05, 0.1) is 18.7 Å². The molecule has 1 aromatic carbocycles. The summed E-state index contributed by atoms with van der Waals surface area (Å²) in [6.07, 6.45) is 0.463. The van der Waals surface area contributed by atoms with Crippen molar-refractivity contribution in [3.63, 3.8) is 0 Å². The van der Waals surface area contributed by atoms with E-state index in [1.165, 1.54) is 7.11 Å². The van der Waals surface area contributed by atoms with Crippen LogP contribution in [0, 0.1) is 0 Å². The van der Waals surface area contributed by atoms with Crippen LogP contribution in [0.4, 0.5) is 0 Å². The van der Waals surface area contributed by atoms with E-state index >= 15 is 0 Å². The number of hydrogen-bond acceptors (Lipinski definition) is 3. The predicted molar refractivity (Wildman–Crippen MR) is 64.6 cm³/mol. The van der Waals surface area contributed by atoms with E-state index in [1.807, 2.05) is 26.0 Å². The van der Waals surface area contributed by atoms with Crippen LogP contribution in [0.2, 0.25) is 0 Å². The van der Waals surface area contributed by atoms with Crippen LogP contribution in [0.25, 0.3) is 0 Å². The molecular formula is C13H17NO3. The van der Waals surface area contributed by atoms with Gasteiger partial charge in [-0.3, -0.25) is 4.79 Å². The first-order valence-corrected chi connectivity index (χ1v) is 5.56. The molecule has 4 heteroatoms. The van der Waals surface area contributed by atoms with Crippen molar-refractivity contribution in [2.75, 3.05) is 7.11 Å². The zero-order valence-electron chi connectivity index (χ0n) is 10.3. The maximum absolute atomic E-state index is 11.2. The second kappa shape index (κ2) is 6.03. The highest BCUT2D eigenvalue weighted by Crippen LogP contribution is 2.14. The molecular weight excluding hydrogens is 218 g/mol. The van der Waals surface area contributed by atoms with E-state index in [4.69, 9.17) is 0 Å². The first-order chi connectivity index (χ1) is 8.08. The number of esters is 1. The quantitative estimate of drug-likeness (QED) is 0.813. The molecule has 1 rings (SSSR count). The minimum atomic E-state index is -0.359. The second-order valence-electron chi connectivity index (χ2n) is 3.76. The van der Waals surface area contributed by atoms with Gasteiger partial charge in [-0.15, -0.1) is 0 Å². The smallest absolute Gasteiger partial charge is 0.337 e. The van der Waals surface area contributed by atoms with Crippen LogP contribution in [-0.4, -0.2) is 19.0 Å². The van der Waals surface area contributed by atoms with Crippen molar-refractivity contribution >= 4 is 11.9 Å². The summed E-state index contributed by atoms with van der Waals surface area (Å²) >= 11 is 0. The zero-order chi connectivity index (χ0) is 12.8. The lowest BCUT2D eigenvalue weighted by atomic mass is 10.1. The van der Waals surface area contributed by atoms with Gasteiger partial charge in [0.1, 0.15) is 0 Å². The molecule has 0 aliphatic carbocycles. The van der Waals surface area contributed by atoms with Crippen LogP contribution in [-0.2, 0) is 9.53 Å². The third-order valence-corrected chi connectivity index (χ3v) is 2.53. The molecule has 0 aliphatic heterocycles. The lowest BCUT2D eigenvalue weighted by Crippen LogP contribution is -2.25. The first kappa shape index (κ1) is 13.2. The number of nitrogens with one attached hydrogen (secondary N) is 1. The molecule has 0 spiro atoms. The van der Waals surface area contributed by atoms with Crippen LogP contribution < -0.4 is 5.32 Å². The van der Waals surface area contributed by atoms with Crippen molar-refractivity contribution in [1.82, 2.24) is 5.32 Å². The number of carbonyl (C=O) groups excluding carboxylic acids is 2. The molecule has 0 bridgehead atoms. The third-order valence-electron chi connectivity index (χ3n) is 2.53. The molecule has 0 aromatic heterocycles. The molecule has 0 unspecified atom stereocenters. The van der Waals surface area contributed by atoms with Gasteiger partial charge < -0.3 is 10.1 Å². The van der Waals surface area contributed by atoms with E-state index in [0.29, 0.717) is 12.0 Å². The summed E-state index contributed by atoms with van der Waals surface area (Å²) in [5.41, 5.74) is 1.46. The summed E-state index contributed by atoms with van der Waals surface area (Å²) in [6, 6.07) is 6.94. The van der Waals surface area contributed by atoms with Gasteiger partial charge in [-0.1, -0.05) is 19.1 Å². The highest BCUT2D eigenvalue weighted by molar-refractivity contribution is 5.89. The Morgan fingerprint density at radius 3 is 2.35 bits per heavy atom. The Labute approximate surface area is 101 Å². The minimum absolute atomic E-state index is 0.00884. The summed E-state index contributed by atoms with van der Waals surface area (Å²) in [5.74, 6) is -0.351. The van der Waals surface area contributed by atoms with Crippen LogP contribution in [0.1, 0.15) is 42.2 Å². The maximum Gasteiger partial charge on any atom is 0.337 e. The zero-order valence-corrected chi connectivity index (χ0v) is 10.3. The average molecular weight is 235 g/mol. The summed E-state index contributed by atoms with van der Waals surface area (Å²) < 4.78 is 4.61. The van der Waals surface area contributed by atoms with Gasteiger partial charge in [-0.25, -0.2) is 4.79 Å². The number of amides is 1. The van der Waals surface area contributed by atoms with Crippen LogP contribution in [0.15, 0.2) is 24.3 Å². The molecule has 0 saturated heterocycles. The maximum atomic E-state index is 11.2. The van der Waals surface area contributed by atoms with Gasteiger partial charge in [0.25, 0.3) is 0 Å². The molecule has 0 heterocycles. The molecule has 92 valence electrons. The number of rotatable bonds is 4. The van der Waals surface area contributed by atoms with E-state index in [1.54, 1.807) is 12.1 Å². The summed E-state index contributed by atoms with van der Waals surface area (Å²) in [5, 5.41) is 2.85. The molecule has 4 nitrogen and oxygen atoms in total. The fourth-order valence-corrected chi connectivity index (χ4v) is 1.45. The lowest BCUT2D eigenvalue weighted by Gasteiger charge is -2.13. The van der Waals surface area contributed by atoms with Crippen LogP contribution in [0.3, 0.4) is 0 Å². The molecule has 1 amide bonds. The van der Waals surface area contributed by atoms with Crippen molar-refractivity contribution in [3.05, 3.63) is 35.4 Å². The summed E-state index contributed by atoms with van der Waals surface area (Å²) in [4.78, 5) is 22.5. The highest BCUT2D eigenvalue weighted by atomic mass is 16.5. The molecule has 0 saturated carbocycles. The van der Waals surface area contributed by atoms with Gasteiger partial charge in [0.2, 0.25) is 5.91 Å². The van der Waals surface area contributed by atoms with E-state index in [2.05, 4.69) is 10.1 Å². The first-order valence-electron chi connectivity index (χ1n) is 5.56. The number of carbonyl (C=O) groups is 2. The highest BCUT2D eigenvalue weighted by Gasteiger charge is 2.09. The molecule has 1 atom stereocenters. The van der Waals surface area contributed by atoms with E-state index in [9.17, 15) is 9.59 Å². The molecule has 0 fully saturated rings. The third kappa shape index (κ3) is 3.59. The SMILES string of the molecule is CCC(=O)N[C@@H](C)c1ccc(C(=O)OC)cc1. The number of ether oxygens (including phenoxy) is 1. The Morgan fingerprint density at radius 1 is 1.29 bits per heavy atom. The molecule has 1 aromatic rings. The Morgan fingerprint density at radius 2 is 1.88 bits per heavy atom. The van der Waals surface area contributed by atoms with Crippen molar-refractivity contribution in [1.29, 1.82) is 0 Å². The Hall–Kier alpha value is -1.84. The largest absolute Gasteiger partial charge is 0.465 e. The topological polar surface area (TPSA) is 55.4 Å². The van der Waals surface area contributed by atoms with Crippen molar-refractivity contribution < 1.29 is 14.3 Å². The lowest BCUT2D eigenvalue weighted by molar-refractivity contribution is -0.121. The summed E-state index contributed by atoms with van der Waals surface area (Å²) in [7, 11) is 1.35. The fourth-order valence-electron chi connectivity index (χ4n) is 1.45. The van der Waals surface area contributed by atoms with E-state index in [0.717, 1.165) is 5.56 Å². The molecule has 0 aliphatic rings. The van der Waals surface area contributed by atoms with Gasteiger partial charge in [0.15, 0.2) is 0 Å². The van der Waals surface area contributed by atoms with Gasteiger partial charge in [-0.05, 0) is 24.6 Å². The van der Waals surface area contributed by atoms with Crippen molar-refractivity contribution in [2.24, 2.45) is 0 Å². The minimum Gasteiger partial charge on any atom is -0.465 e. The van der Waals surface area contributed by atoms with E-state index < -0.39 is 0 Å². The molecule has 1 N–H and O–H groups in total. The number of hydrogen-bond donors (Lipinski definition) is 1. The molecule has 0 radical (unpaired) electrons. The molecule has 17 heavy (non-hydrogen) atoms. The fraction of sp³-hybridized carbons (Fsp3) is 0.385. The summed E-state index contributed by atoms with van der Waals surface area (Å²) in [6.45, 7) is 3.71. The predicted octanol–water partition coefficient (Wildman–Crippen LogP) is 2.06. The van der Waals surface area contributed by atoms with Crippen molar-refractivity contribution in [2.45, 2.75) is 26.3 Å². The van der Waals surface area contributed by atoms with Crippen LogP contribution in [0.5, 0.6) is 0 Å². The van der Waals surface area contributed by atoms with Gasteiger partial charge >= 0.3 is 5.97 Å². The van der Waals surface area contributed by atoms with Gasteiger partial charge in [0, 0.05) is 6.42 Å². The van der Waals surface area contributed by atoms with Gasteiger partial charge in [-0.2, -0.15) is 0 Å².